The SMILES string of the molecule is CN(C)CP(=O)([O-])C1COC(=O)C1. The maximum absolute atomic E-state index is 11.5. The van der Waals surface area contributed by atoms with E-state index >= 15 is 0 Å². The Morgan fingerprint density at radius 2 is 2.31 bits per heavy atom. The van der Waals surface area contributed by atoms with Gasteiger partial charge in [-0.05, 0) is 14.1 Å². The molecule has 0 saturated carbocycles. The summed E-state index contributed by atoms with van der Waals surface area (Å²) in [7, 11) is -0.138. The van der Waals surface area contributed by atoms with Gasteiger partial charge in [-0.2, -0.15) is 0 Å². The number of hydrogen-bond acceptors (Lipinski definition) is 5. The molecular formula is C7H13NO4P-. The lowest BCUT2D eigenvalue weighted by Gasteiger charge is -2.30. The van der Waals surface area contributed by atoms with Gasteiger partial charge in [0.25, 0.3) is 0 Å². The topological polar surface area (TPSA) is 69.7 Å². The van der Waals surface area contributed by atoms with Gasteiger partial charge >= 0.3 is 5.97 Å². The molecule has 1 fully saturated rings. The minimum Gasteiger partial charge on any atom is -0.798 e. The fourth-order valence-electron chi connectivity index (χ4n) is 1.26. The molecule has 0 N–H and O–H groups in total. The Hall–Kier alpha value is -0.380. The predicted molar refractivity (Wildman–Crippen MR) is 45.5 cm³/mol. The summed E-state index contributed by atoms with van der Waals surface area (Å²) >= 11 is 0. The third-order valence-electron chi connectivity index (χ3n) is 1.88. The van der Waals surface area contributed by atoms with Crippen molar-refractivity contribution in [2.24, 2.45) is 0 Å². The molecule has 76 valence electrons. The highest BCUT2D eigenvalue weighted by Gasteiger charge is 2.32. The van der Waals surface area contributed by atoms with E-state index in [-0.39, 0.29) is 19.3 Å². The monoisotopic (exact) mass is 206 g/mol. The summed E-state index contributed by atoms with van der Waals surface area (Å²) in [4.78, 5) is 23.8. The highest BCUT2D eigenvalue weighted by atomic mass is 31.2. The van der Waals surface area contributed by atoms with Gasteiger partial charge in [0.2, 0.25) is 0 Å². The van der Waals surface area contributed by atoms with Gasteiger partial charge in [0.15, 0.2) is 0 Å². The van der Waals surface area contributed by atoms with Crippen molar-refractivity contribution in [2.75, 3.05) is 27.0 Å². The van der Waals surface area contributed by atoms with Crippen LogP contribution in [-0.2, 0) is 14.1 Å². The van der Waals surface area contributed by atoms with Crippen molar-refractivity contribution in [3.8, 4) is 0 Å². The smallest absolute Gasteiger partial charge is 0.306 e. The molecule has 1 rings (SSSR count). The number of carbonyl (C=O) groups is 1. The maximum atomic E-state index is 11.5. The van der Waals surface area contributed by atoms with Crippen molar-refractivity contribution in [1.29, 1.82) is 0 Å². The van der Waals surface area contributed by atoms with E-state index in [1.807, 2.05) is 0 Å². The molecule has 6 heteroatoms. The molecular weight excluding hydrogens is 193 g/mol. The number of hydrogen-bond donors (Lipinski definition) is 0. The van der Waals surface area contributed by atoms with Crippen molar-refractivity contribution in [3.05, 3.63) is 0 Å². The van der Waals surface area contributed by atoms with Crippen LogP contribution in [0.5, 0.6) is 0 Å². The van der Waals surface area contributed by atoms with E-state index in [0.717, 1.165) is 0 Å². The Bertz CT molecular complexity index is 253. The largest absolute Gasteiger partial charge is 0.798 e. The van der Waals surface area contributed by atoms with Crippen LogP contribution in [0.3, 0.4) is 0 Å². The molecule has 0 radical (unpaired) electrons. The number of esters is 1. The molecule has 2 atom stereocenters. The van der Waals surface area contributed by atoms with Gasteiger partial charge in [0.05, 0.1) is 6.42 Å². The second-order valence-corrected chi connectivity index (χ2v) is 5.95. The van der Waals surface area contributed by atoms with Crippen LogP contribution >= 0.6 is 7.37 Å². The molecule has 0 aromatic carbocycles. The van der Waals surface area contributed by atoms with E-state index in [1.165, 1.54) is 0 Å². The number of ether oxygens (including phenoxy) is 1. The molecule has 1 heterocycles. The van der Waals surface area contributed by atoms with Crippen molar-refractivity contribution < 1.29 is 19.0 Å². The Morgan fingerprint density at radius 3 is 2.69 bits per heavy atom. The van der Waals surface area contributed by atoms with E-state index in [2.05, 4.69) is 4.74 Å². The Morgan fingerprint density at radius 1 is 1.69 bits per heavy atom. The Balaban J connectivity index is 2.59. The third kappa shape index (κ3) is 2.79. The van der Waals surface area contributed by atoms with Gasteiger partial charge in [-0.15, -0.1) is 0 Å². The zero-order valence-electron chi connectivity index (χ0n) is 7.73. The molecule has 13 heavy (non-hydrogen) atoms. The zero-order chi connectivity index (χ0) is 10.1. The normalized spacial score (nSPS) is 27.4. The Kier molecular flexibility index (Phi) is 3.11. The summed E-state index contributed by atoms with van der Waals surface area (Å²) in [5, 5.41) is 0. The molecule has 0 bridgehead atoms. The lowest BCUT2D eigenvalue weighted by molar-refractivity contribution is -0.179. The highest BCUT2D eigenvalue weighted by molar-refractivity contribution is 7.57. The van der Waals surface area contributed by atoms with Gasteiger partial charge in [0, 0.05) is 19.3 Å². The summed E-state index contributed by atoms with van der Waals surface area (Å²) < 4.78 is 16.1. The van der Waals surface area contributed by atoms with Crippen LogP contribution in [0.15, 0.2) is 0 Å². The Labute approximate surface area is 77.1 Å². The zero-order valence-corrected chi connectivity index (χ0v) is 8.62. The third-order valence-corrected chi connectivity index (χ3v) is 4.28. The summed E-state index contributed by atoms with van der Waals surface area (Å²) in [5.41, 5.74) is -0.623. The summed E-state index contributed by atoms with van der Waals surface area (Å²) in [6.45, 7) is 0.0213. The van der Waals surface area contributed by atoms with Crippen LogP contribution in [0, 0.1) is 0 Å². The molecule has 0 amide bonds. The average molecular weight is 206 g/mol. The van der Waals surface area contributed by atoms with E-state index in [4.69, 9.17) is 0 Å². The first-order valence-corrected chi connectivity index (χ1v) is 5.90. The van der Waals surface area contributed by atoms with E-state index in [1.54, 1.807) is 19.0 Å². The van der Waals surface area contributed by atoms with Crippen molar-refractivity contribution >= 4 is 13.3 Å². The van der Waals surface area contributed by atoms with Crippen LogP contribution in [0.2, 0.25) is 0 Å². The first-order valence-electron chi connectivity index (χ1n) is 4.02. The summed E-state index contributed by atoms with van der Waals surface area (Å²) in [6, 6.07) is 0. The summed E-state index contributed by atoms with van der Waals surface area (Å²) in [6.07, 6.45) is 0.00290. The van der Waals surface area contributed by atoms with Crippen LogP contribution in [0.25, 0.3) is 0 Å². The number of nitrogens with zero attached hydrogens (tertiary/aromatic N) is 1. The molecule has 2 unspecified atom stereocenters. The van der Waals surface area contributed by atoms with E-state index in [0.29, 0.717) is 0 Å². The molecule has 1 aliphatic heterocycles. The number of rotatable bonds is 3. The maximum Gasteiger partial charge on any atom is 0.306 e. The van der Waals surface area contributed by atoms with Crippen LogP contribution in [0.1, 0.15) is 6.42 Å². The van der Waals surface area contributed by atoms with Gasteiger partial charge in [-0.3, -0.25) is 4.79 Å². The lowest BCUT2D eigenvalue weighted by Crippen LogP contribution is -2.26. The first-order chi connectivity index (χ1) is 5.92. The van der Waals surface area contributed by atoms with Crippen molar-refractivity contribution in [3.63, 3.8) is 0 Å². The van der Waals surface area contributed by atoms with Gasteiger partial charge in [0.1, 0.15) is 6.61 Å². The first kappa shape index (κ1) is 10.7. The van der Waals surface area contributed by atoms with Gasteiger partial charge in [-0.25, -0.2) is 0 Å². The average Bonchev–Trinajstić information content (AvgIpc) is 2.32. The molecule has 1 aliphatic rings. The standard InChI is InChI=1S/C7H14NO4P/c1-8(2)5-13(10,11)6-3-7(9)12-4-6/h6H,3-5H2,1-2H3,(H,10,11)/p-1. The van der Waals surface area contributed by atoms with Gasteiger partial charge in [-0.1, -0.05) is 0 Å². The number of carbonyl (C=O) groups excluding carboxylic acids is 1. The molecule has 5 nitrogen and oxygen atoms in total. The predicted octanol–water partition coefficient (Wildman–Crippen LogP) is -0.541. The van der Waals surface area contributed by atoms with E-state index in [9.17, 15) is 14.3 Å². The fourth-order valence-corrected chi connectivity index (χ4v) is 3.01. The van der Waals surface area contributed by atoms with E-state index < -0.39 is 19.0 Å². The van der Waals surface area contributed by atoms with Gasteiger partial charge < -0.3 is 19.1 Å². The second kappa shape index (κ2) is 3.78. The quantitative estimate of drug-likeness (QED) is 0.458. The number of cyclic esters (lactones) is 1. The van der Waals surface area contributed by atoms with Crippen molar-refractivity contribution in [1.82, 2.24) is 4.90 Å². The van der Waals surface area contributed by atoms with Crippen LogP contribution < -0.4 is 4.89 Å². The minimum atomic E-state index is -3.50. The van der Waals surface area contributed by atoms with Crippen LogP contribution in [-0.4, -0.2) is 43.5 Å². The molecule has 0 aliphatic carbocycles. The second-order valence-electron chi connectivity index (χ2n) is 3.49. The molecule has 0 aromatic heterocycles. The minimum absolute atomic E-state index is 0.00565. The molecule has 0 aromatic rings. The molecule has 1 saturated heterocycles. The van der Waals surface area contributed by atoms with Crippen molar-refractivity contribution in [2.45, 2.75) is 12.1 Å². The van der Waals surface area contributed by atoms with Crippen LogP contribution in [0.4, 0.5) is 0 Å². The highest BCUT2D eigenvalue weighted by Crippen LogP contribution is 2.45. The fraction of sp³-hybridized carbons (Fsp3) is 0.857. The molecule has 0 spiro atoms. The summed E-state index contributed by atoms with van der Waals surface area (Å²) in [5.74, 6) is -0.417. The lowest BCUT2D eigenvalue weighted by atomic mass is 10.4.